The molecule has 5 rings (SSSR count). The molecular weight excluding hydrogens is 396 g/mol. The maximum absolute atomic E-state index is 8.56. The zero-order valence-electron chi connectivity index (χ0n) is 17.5. The van der Waals surface area contributed by atoms with Gasteiger partial charge >= 0.3 is 0 Å². The number of aryl methyl sites for hydroxylation is 2. The standard InChI is InChI=1S/C18H15N7O.C2H4.CH3NO/c1-11-5-7-12(8-6-11)19-18-21-15-13(10-24(2)22-15)17-20-16(23-25(17)18)14-4-3-9-26-14;1-2;1-2-3/h3-10H,1-2H3,(H,19,21,22);1-2H2;1H3. The van der Waals surface area contributed by atoms with Crippen molar-refractivity contribution in [2.24, 2.45) is 12.2 Å². The minimum Gasteiger partial charge on any atom is -0.461 e. The van der Waals surface area contributed by atoms with E-state index in [1.165, 1.54) is 12.6 Å². The van der Waals surface area contributed by atoms with E-state index in [9.17, 15) is 0 Å². The van der Waals surface area contributed by atoms with Gasteiger partial charge in [-0.3, -0.25) is 4.68 Å². The maximum atomic E-state index is 8.56. The molecule has 0 unspecified atom stereocenters. The summed E-state index contributed by atoms with van der Waals surface area (Å²) in [6.07, 6.45) is 3.48. The molecule has 0 fully saturated rings. The number of aromatic nitrogens is 6. The molecule has 1 N–H and O–H groups in total. The second-order valence-corrected chi connectivity index (χ2v) is 6.30. The lowest BCUT2D eigenvalue weighted by molar-refractivity contribution is 0.577. The van der Waals surface area contributed by atoms with Crippen LogP contribution in [-0.2, 0) is 7.05 Å². The van der Waals surface area contributed by atoms with Crippen molar-refractivity contribution in [3.8, 4) is 11.6 Å². The first-order valence-corrected chi connectivity index (χ1v) is 9.28. The van der Waals surface area contributed by atoms with Crippen molar-refractivity contribution >= 4 is 28.3 Å². The lowest BCUT2D eigenvalue weighted by Gasteiger charge is -2.07. The fourth-order valence-corrected chi connectivity index (χ4v) is 2.86. The van der Waals surface area contributed by atoms with Crippen LogP contribution in [0.5, 0.6) is 0 Å². The van der Waals surface area contributed by atoms with Crippen LogP contribution in [-0.4, -0.2) is 36.4 Å². The molecule has 4 aromatic heterocycles. The van der Waals surface area contributed by atoms with Crippen LogP contribution >= 0.6 is 0 Å². The predicted octanol–water partition coefficient (Wildman–Crippen LogP) is 4.51. The topological polar surface area (TPSA) is 116 Å². The third-order valence-electron chi connectivity index (χ3n) is 4.12. The Morgan fingerprint density at radius 3 is 2.45 bits per heavy atom. The third-order valence-corrected chi connectivity index (χ3v) is 4.12. The Morgan fingerprint density at radius 2 is 1.81 bits per heavy atom. The number of fused-ring (bicyclic) bond motifs is 3. The Labute approximate surface area is 178 Å². The van der Waals surface area contributed by atoms with Gasteiger partial charge in [-0.2, -0.15) is 19.5 Å². The molecule has 0 aliphatic carbocycles. The fraction of sp³-hybridized carbons (Fsp3) is 0.143. The van der Waals surface area contributed by atoms with Gasteiger partial charge in [0, 0.05) is 18.9 Å². The van der Waals surface area contributed by atoms with E-state index in [0.717, 1.165) is 11.1 Å². The van der Waals surface area contributed by atoms with E-state index in [2.05, 4.69) is 43.8 Å². The number of furan rings is 1. The number of hydrogen-bond donors (Lipinski definition) is 1. The number of nitrogens with one attached hydrogen (secondary N) is 1. The molecule has 0 saturated carbocycles. The first kappa shape index (κ1) is 21.4. The summed E-state index contributed by atoms with van der Waals surface area (Å²) in [5.41, 5.74) is 3.38. The van der Waals surface area contributed by atoms with Gasteiger partial charge in [-0.25, -0.2) is 4.98 Å². The minimum absolute atomic E-state index is 0.500. The number of hydrogen-bond acceptors (Lipinski definition) is 8. The molecule has 0 aliphatic rings. The van der Waals surface area contributed by atoms with Crippen molar-refractivity contribution in [3.63, 3.8) is 0 Å². The van der Waals surface area contributed by atoms with Gasteiger partial charge in [0.05, 0.1) is 18.7 Å². The molecule has 158 valence electrons. The molecular formula is C21H22N8O2. The van der Waals surface area contributed by atoms with E-state index < -0.39 is 0 Å². The van der Waals surface area contributed by atoms with E-state index in [1.54, 1.807) is 15.5 Å². The summed E-state index contributed by atoms with van der Waals surface area (Å²) in [5, 5.41) is 15.4. The van der Waals surface area contributed by atoms with Crippen LogP contribution in [0.3, 0.4) is 0 Å². The van der Waals surface area contributed by atoms with Crippen molar-refractivity contribution in [1.29, 1.82) is 0 Å². The summed E-state index contributed by atoms with van der Waals surface area (Å²) in [7, 11) is 3.05. The smallest absolute Gasteiger partial charge is 0.232 e. The van der Waals surface area contributed by atoms with Gasteiger partial charge in [0.1, 0.15) is 0 Å². The van der Waals surface area contributed by atoms with E-state index in [-0.39, 0.29) is 0 Å². The van der Waals surface area contributed by atoms with Gasteiger partial charge in [-0.15, -0.1) is 18.3 Å². The summed E-state index contributed by atoms with van der Waals surface area (Å²) < 4.78 is 8.84. The molecule has 0 aliphatic heterocycles. The molecule has 10 heteroatoms. The van der Waals surface area contributed by atoms with E-state index in [0.29, 0.717) is 28.8 Å². The molecule has 0 radical (unpaired) electrons. The Bertz CT molecular complexity index is 1290. The highest BCUT2D eigenvalue weighted by Gasteiger charge is 2.17. The molecule has 4 heterocycles. The van der Waals surface area contributed by atoms with Gasteiger partial charge in [-0.05, 0) is 31.2 Å². The van der Waals surface area contributed by atoms with Crippen LogP contribution < -0.4 is 5.32 Å². The molecule has 0 amide bonds. The van der Waals surface area contributed by atoms with Crippen molar-refractivity contribution in [2.75, 3.05) is 12.4 Å². The number of benzene rings is 1. The van der Waals surface area contributed by atoms with Gasteiger partial charge in [0.2, 0.25) is 11.8 Å². The molecule has 31 heavy (non-hydrogen) atoms. The number of nitrogens with zero attached hydrogens (tertiary/aromatic N) is 7. The van der Waals surface area contributed by atoms with Crippen LogP contribution in [0.25, 0.3) is 28.3 Å². The minimum atomic E-state index is 0.500. The van der Waals surface area contributed by atoms with Gasteiger partial charge in [-0.1, -0.05) is 22.9 Å². The number of anilines is 2. The number of nitroso groups, excluding NO2 is 1. The van der Waals surface area contributed by atoms with Crippen molar-refractivity contribution in [2.45, 2.75) is 6.92 Å². The van der Waals surface area contributed by atoms with Crippen LogP contribution in [0.15, 0.2) is 71.6 Å². The lowest BCUT2D eigenvalue weighted by Crippen LogP contribution is -2.03. The van der Waals surface area contributed by atoms with Crippen LogP contribution in [0.4, 0.5) is 11.6 Å². The molecule has 0 spiro atoms. The average molecular weight is 418 g/mol. The normalized spacial score (nSPS) is 10.2. The van der Waals surface area contributed by atoms with Crippen molar-refractivity contribution in [3.05, 3.63) is 72.5 Å². The molecule has 0 atom stereocenters. The molecule has 1 aromatic carbocycles. The molecule has 0 bridgehead atoms. The van der Waals surface area contributed by atoms with Crippen molar-refractivity contribution < 1.29 is 4.42 Å². The summed E-state index contributed by atoms with van der Waals surface area (Å²) in [6, 6.07) is 11.7. The van der Waals surface area contributed by atoms with Crippen molar-refractivity contribution in [1.82, 2.24) is 29.4 Å². The lowest BCUT2D eigenvalue weighted by atomic mass is 10.2. The Morgan fingerprint density at radius 1 is 1.10 bits per heavy atom. The fourth-order valence-electron chi connectivity index (χ4n) is 2.86. The van der Waals surface area contributed by atoms with Gasteiger partial charge in [0.25, 0.3) is 0 Å². The summed E-state index contributed by atoms with van der Waals surface area (Å²) in [5.74, 6) is 1.65. The first-order chi connectivity index (χ1) is 15.1. The van der Waals surface area contributed by atoms with Gasteiger partial charge < -0.3 is 9.73 Å². The van der Waals surface area contributed by atoms with Crippen LogP contribution in [0.2, 0.25) is 0 Å². The summed E-state index contributed by atoms with van der Waals surface area (Å²) in [4.78, 5) is 17.8. The van der Waals surface area contributed by atoms with Crippen LogP contribution in [0.1, 0.15) is 5.56 Å². The van der Waals surface area contributed by atoms with Crippen LogP contribution in [0, 0.1) is 11.8 Å². The largest absolute Gasteiger partial charge is 0.461 e. The monoisotopic (exact) mass is 418 g/mol. The second kappa shape index (κ2) is 9.44. The second-order valence-electron chi connectivity index (χ2n) is 6.30. The third kappa shape index (κ3) is 4.47. The Balaban J connectivity index is 0.000000504. The molecule has 0 saturated heterocycles. The number of rotatable bonds is 3. The highest BCUT2D eigenvalue weighted by Crippen LogP contribution is 2.25. The zero-order chi connectivity index (χ0) is 22.4. The Kier molecular flexibility index (Phi) is 6.51. The van der Waals surface area contributed by atoms with Gasteiger partial charge in [0.15, 0.2) is 17.1 Å². The Hall–Kier alpha value is -4.34. The quantitative estimate of drug-likeness (QED) is 0.338. The summed E-state index contributed by atoms with van der Waals surface area (Å²) in [6.45, 7) is 8.05. The highest BCUT2D eigenvalue weighted by molar-refractivity contribution is 5.90. The SMILES string of the molecule is C=C.CN=O.Cc1ccc(Nc2nc3nn(C)cc3c3nc(-c4ccco4)nn23)cc1. The highest BCUT2D eigenvalue weighted by atomic mass is 16.3. The first-order valence-electron chi connectivity index (χ1n) is 9.28. The van der Waals surface area contributed by atoms with E-state index >= 15 is 0 Å². The molecule has 5 aromatic rings. The average Bonchev–Trinajstić information content (AvgIpc) is 3.50. The molecule has 10 nitrogen and oxygen atoms in total. The van der Waals surface area contributed by atoms with E-state index in [1.807, 2.05) is 56.6 Å². The summed E-state index contributed by atoms with van der Waals surface area (Å²) >= 11 is 0. The maximum Gasteiger partial charge on any atom is 0.232 e. The zero-order valence-corrected chi connectivity index (χ0v) is 17.5. The van der Waals surface area contributed by atoms with E-state index in [4.69, 9.17) is 9.32 Å². The predicted molar refractivity (Wildman–Crippen MR) is 120 cm³/mol.